The van der Waals surface area contributed by atoms with Crippen molar-refractivity contribution >= 4 is 5.91 Å². The summed E-state index contributed by atoms with van der Waals surface area (Å²) in [4.78, 5) is 15.6. The lowest BCUT2D eigenvalue weighted by molar-refractivity contribution is -0.00185. The molecular formula is C27H29NO3. The molecule has 0 atom stereocenters. The lowest BCUT2D eigenvalue weighted by Crippen LogP contribution is -2.56. The van der Waals surface area contributed by atoms with Crippen molar-refractivity contribution in [3.8, 4) is 5.75 Å². The molecule has 4 heteroatoms. The fourth-order valence-electron chi connectivity index (χ4n) is 4.28. The van der Waals surface area contributed by atoms with Crippen LogP contribution in [0.25, 0.3) is 0 Å². The second-order valence-corrected chi connectivity index (χ2v) is 8.23. The van der Waals surface area contributed by atoms with Crippen LogP contribution in [0.15, 0.2) is 84.9 Å². The number of aliphatic hydroxyl groups is 1. The van der Waals surface area contributed by atoms with Crippen molar-refractivity contribution in [3.05, 3.63) is 102 Å². The van der Waals surface area contributed by atoms with Gasteiger partial charge in [-0.05, 0) is 55.0 Å². The highest BCUT2D eigenvalue weighted by Gasteiger charge is 2.44. The first kappa shape index (κ1) is 21.1. The number of amides is 1. The van der Waals surface area contributed by atoms with Gasteiger partial charge >= 0.3 is 0 Å². The summed E-state index contributed by atoms with van der Waals surface area (Å²) in [5, 5.41) is 9.70. The Balaban J connectivity index is 1.56. The number of hydrogen-bond donors (Lipinski definition) is 1. The molecule has 0 heterocycles. The standard InChI is InChI=1S/C27H29NO3/c29-18-17-27(15-8-16-27)28(20-22-9-3-1-4-10-22)26(30)24-13-7-14-25(19-24)31-21-23-11-5-2-6-12-23/h1-7,9-14,19,29H,8,15-18,20-21H2. The number of benzene rings is 3. The smallest absolute Gasteiger partial charge is 0.254 e. The molecule has 0 bridgehead atoms. The number of nitrogens with zero attached hydrogens (tertiary/aromatic N) is 1. The van der Waals surface area contributed by atoms with E-state index in [-0.39, 0.29) is 18.1 Å². The zero-order valence-electron chi connectivity index (χ0n) is 17.7. The van der Waals surface area contributed by atoms with Gasteiger partial charge < -0.3 is 14.7 Å². The topological polar surface area (TPSA) is 49.8 Å². The van der Waals surface area contributed by atoms with Crippen molar-refractivity contribution in [2.24, 2.45) is 0 Å². The molecule has 1 aliphatic carbocycles. The van der Waals surface area contributed by atoms with E-state index in [2.05, 4.69) is 0 Å². The molecule has 0 spiro atoms. The minimum Gasteiger partial charge on any atom is -0.489 e. The molecule has 4 rings (SSSR count). The van der Waals surface area contributed by atoms with E-state index in [0.29, 0.717) is 30.9 Å². The van der Waals surface area contributed by atoms with Gasteiger partial charge in [-0.1, -0.05) is 66.7 Å². The highest BCUT2D eigenvalue weighted by molar-refractivity contribution is 5.95. The third-order valence-corrected chi connectivity index (χ3v) is 6.19. The quantitative estimate of drug-likeness (QED) is 0.522. The summed E-state index contributed by atoms with van der Waals surface area (Å²) < 4.78 is 5.94. The maximum Gasteiger partial charge on any atom is 0.254 e. The van der Waals surface area contributed by atoms with Crippen LogP contribution in [0.5, 0.6) is 5.75 Å². The number of aliphatic hydroxyl groups excluding tert-OH is 1. The van der Waals surface area contributed by atoms with E-state index in [1.165, 1.54) is 0 Å². The second-order valence-electron chi connectivity index (χ2n) is 8.23. The predicted molar refractivity (Wildman–Crippen MR) is 122 cm³/mol. The molecule has 1 saturated carbocycles. The first-order valence-electron chi connectivity index (χ1n) is 10.9. The van der Waals surface area contributed by atoms with E-state index in [9.17, 15) is 9.90 Å². The number of ether oxygens (including phenoxy) is 1. The van der Waals surface area contributed by atoms with Crippen molar-refractivity contribution in [3.63, 3.8) is 0 Å². The van der Waals surface area contributed by atoms with Gasteiger partial charge in [-0.15, -0.1) is 0 Å². The molecule has 0 unspecified atom stereocenters. The van der Waals surface area contributed by atoms with E-state index < -0.39 is 0 Å². The van der Waals surface area contributed by atoms with Crippen LogP contribution in [0.3, 0.4) is 0 Å². The average Bonchev–Trinajstić information content (AvgIpc) is 2.80. The van der Waals surface area contributed by atoms with Crippen LogP contribution in [0.4, 0.5) is 0 Å². The summed E-state index contributed by atoms with van der Waals surface area (Å²) in [6.07, 6.45) is 3.54. The van der Waals surface area contributed by atoms with E-state index in [1.807, 2.05) is 89.8 Å². The first-order valence-corrected chi connectivity index (χ1v) is 10.9. The summed E-state index contributed by atoms with van der Waals surface area (Å²) >= 11 is 0. The van der Waals surface area contributed by atoms with Crippen molar-refractivity contribution in [1.29, 1.82) is 0 Å². The maximum atomic E-state index is 13.7. The molecule has 1 N–H and O–H groups in total. The number of carbonyl (C=O) groups excluding carboxylic acids is 1. The van der Waals surface area contributed by atoms with Crippen LogP contribution in [-0.4, -0.2) is 28.1 Å². The van der Waals surface area contributed by atoms with Crippen molar-refractivity contribution in [2.45, 2.75) is 44.4 Å². The van der Waals surface area contributed by atoms with Gasteiger partial charge in [0.2, 0.25) is 0 Å². The van der Waals surface area contributed by atoms with Crippen LogP contribution in [0.2, 0.25) is 0 Å². The van der Waals surface area contributed by atoms with Crippen molar-refractivity contribution in [2.75, 3.05) is 6.61 Å². The van der Waals surface area contributed by atoms with Gasteiger partial charge in [-0.25, -0.2) is 0 Å². The van der Waals surface area contributed by atoms with Gasteiger partial charge in [0.15, 0.2) is 0 Å². The van der Waals surface area contributed by atoms with Crippen molar-refractivity contribution in [1.82, 2.24) is 4.90 Å². The molecular weight excluding hydrogens is 386 g/mol. The molecule has 0 aromatic heterocycles. The van der Waals surface area contributed by atoms with Crippen LogP contribution in [-0.2, 0) is 13.2 Å². The monoisotopic (exact) mass is 415 g/mol. The Morgan fingerprint density at radius 3 is 2.19 bits per heavy atom. The first-order chi connectivity index (χ1) is 15.2. The Morgan fingerprint density at radius 2 is 1.58 bits per heavy atom. The number of rotatable bonds is 9. The van der Waals surface area contributed by atoms with Gasteiger partial charge in [0, 0.05) is 24.3 Å². The van der Waals surface area contributed by atoms with Crippen LogP contribution in [0, 0.1) is 0 Å². The summed E-state index contributed by atoms with van der Waals surface area (Å²) in [5.41, 5.74) is 2.52. The Morgan fingerprint density at radius 1 is 0.903 bits per heavy atom. The molecule has 4 nitrogen and oxygen atoms in total. The molecule has 0 aliphatic heterocycles. The lowest BCUT2D eigenvalue weighted by Gasteiger charge is -2.50. The highest BCUT2D eigenvalue weighted by Crippen LogP contribution is 2.42. The maximum absolute atomic E-state index is 13.7. The molecule has 3 aromatic rings. The molecule has 160 valence electrons. The van der Waals surface area contributed by atoms with Crippen LogP contribution >= 0.6 is 0 Å². The molecule has 3 aromatic carbocycles. The van der Waals surface area contributed by atoms with Gasteiger partial charge in [-0.3, -0.25) is 4.79 Å². The third kappa shape index (κ3) is 4.97. The van der Waals surface area contributed by atoms with Gasteiger partial charge in [0.25, 0.3) is 5.91 Å². The molecule has 1 aliphatic rings. The lowest BCUT2D eigenvalue weighted by atomic mass is 9.72. The molecule has 0 radical (unpaired) electrons. The van der Waals surface area contributed by atoms with E-state index in [0.717, 1.165) is 30.4 Å². The van der Waals surface area contributed by atoms with E-state index >= 15 is 0 Å². The van der Waals surface area contributed by atoms with E-state index in [4.69, 9.17) is 4.74 Å². The Bertz CT molecular complexity index is 984. The highest BCUT2D eigenvalue weighted by atomic mass is 16.5. The van der Waals surface area contributed by atoms with E-state index in [1.54, 1.807) is 0 Å². The van der Waals surface area contributed by atoms with Gasteiger partial charge in [0.05, 0.1) is 0 Å². The van der Waals surface area contributed by atoms with Crippen molar-refractivity contribution < 1.29 is 14.6 Å². The predicted octanol–water partition coefficient (Wildman–Crippen LogP) is 5.21. The fourth-order valence-corrected chi connectivity index (χ4v) is 4.28. The average molecular weight is 416 g/mol. The summed E-state index contributed by atoms with van der Waals surface area (Å²) in [6.45, 7) is 1.08. The Hall–Kier alpha value is -3.11. The number of hydrogen-bond acceptors (Lipinski definition) is 3. The molecule has 31 heavy (non-hydrogen) atoms. The largest absolute Gasteiger partial charge is 0.489 e. The SMILES string of the molecule is O=C(c1cccc(OCc2ccccc2)c1)N(Cc1ccccc1)C1(CCO)CCC1. The van der Waals surface area contributed by atoms with Gasteiger partial charge in [0.1, 0.15) is 12.4 Å². The minimum atomic E-state index is -0.275. The summed E-state index contributed by atoms with van der Waals surface area (Å²) in [6, 6.07) is 27.5. The normalized spacial score (nSPS) is 14.5. The van der Waals surface area contributed by atoms with Crippen LogP contribution < -0.4 is 4.74 Å². The minimum absolute atomic E-state index is 0.0119. The zero-order chi connectivity index (χ0) is 21.5. The third-order valence-electron chi connectivity index (χ3n) is 6.19. The zero-order valence-corrected chi connectivity index (χ0v) is 17.7. The molecule has 0 saturated heterocycles. The fraction of sp³-hybridized carbons (Fsp3) is 0.296. The van der Waals surface area contributed by atoms with Gasteiger partial charge in [-0.2, -0.15) is 0 Å². The second kappa shape index (κ2) is 9.80. The van der Waals surface area contributed by atoms with Crippen LogP contribution in [0.1, 0.15) is 47.2 Å². The molecule has 1 amide bonds. The number of carbonyl (C=O) groups is 1. The summed E-state index contributed by atoms with van der Waals surface area (Å²) in [7, 11) is 0. The Labute approximate surface area is 184 Å². The Kier molecular flexibility index (Phi) is 6.68. The summed E-state index contributed by atoms with van der Waals surface area (Å²) in [5.74, 6) is 0.668. The molecule has 1 fully saturated rings.